The lowest BCUT2D eigenvalue weighted by molar-refractivity contribution is -0.113. The molecule has 5 rings (SSSR count). The Bertz CT molecular complexity index is 1610. The topological polar surface area (TPSA) is 90.6 Å². The molecule has 2 heterocycles. The van der Waals surface area contributed by atoms with Crippen LogP contribution in [0, 0.1) is 20.8 Å². The van der Waals surface area contributed by atoms with Crippen LogP contribution in [0.25, 0.3) is 27.9 Å². The second kappa shape index (κ2) is 10.1. The summed E-state index contributed by atoms with van der Waals surface area (Å²) in [6.45, 7) is 6.04. The van der Waals surface area contributed by atoms with E-state index >= 15 is 0 Å². The molecule has 0 fully saturated rings. The minimum atomic E-state index is -0.120. The number of anilines is 1. The van der Waals surface area contributed by atoms with E-state index in [1.807, 2.05) is 63.2 Å². The number of carbonyl (C=O) groups excluding carboxylic acids is 1. The fourth-order valence-corrected chi connectivity index (χ4v) is 5.14. The standard InChI is InChI=1S/C28H27N5O3S/c1-16-11-17(2)25(18(3)12-16)30-24(34)15-37-28-29-21-14-23(36-5)22(35-4)13-20(21)27-31-26(32-33(27)28)19-9-7-6-8-10-19/h6-14H,15H2,1-5H3,(H,30,34). The number of aromatic nitrogens is 4. The number of ether oxygens (including phenoxy) is 2. The minimum Gasteiger partial charge on any atom is -0.493 e. The van der Waals surface area contributed by atoms with Gasteiger partial charge in [0.15, 0.2) is 28.1 Å². The first-order chi connectivity index (χ1) is 17.9. The number of nitrogens with one attached hydrogen (secondary N) is 1. The van der Waals surface area contributed by atoms with Crippen molar-refractivity contribution >= 4 is 39.9 Å². The van der Waals surface area contributed by atoms with Crippen molar-refractivity contribution in [3.05, 3.63) is 71.3 Å². The van der Waals surface area contributed by atoms with Crippen LogP contribution in [0.2, 0.25) is 0 Å². The number of carbonyl (C=O) groups is 1. The lowest BCUT2D eigenvalue weighted by Gasteiger charge is -2.13. The highest BCUT2D eigenvalue weighted by Crippen LogP contribution is 2.35. The molecule has 0 aliphatic carbocycles. The van der Waals surface area contributed by atoms with Crippen LogP contribution >= 0.6 is 11.8 Å². The maximum absolute atomic E-state index is 12.9. The van der Waals surface area contributed by atoms with Gasteiger partial charge in [-0.05, 0) is 38.0 Å². The molecule has 0 bridgehead atoms. The Morgan fingerprint density at radius 3 is 2.30 bits per heavy atom. The van der Waals surface area contributed by atoms with Crippen LogP contribution in [0.3, 0.4) is 0 Å². The van der Waals surface area contributed by atoms with Crippen LogP contribution in [0.4, 0.5) is 5.69 Å². The van der Waals surface area contributed by atoms with Crippen molar-refractivity contribution in [3.8, 4) is 22.9 Å². The first-order valence-corrected chi connectivity index (χ1v) is 12.7. The van der Waals surface area contributed by atoms with Gasteiger partial charge in [0, 0.05) is 22.7 Å². The van der Waals surface area contributed by atoms with E-state index in [1.54, 1.807) is 18.7 Å². The summed E-state index contributed by atoms with van der Waals surface area (Å²) < 4.78 is 12.7. The highest BCUT2D eigenvalue weighted by atomic mass is 32.2. The lowest BCUT2D eigenvalue weighted by Crippen LogP contribution is -2.16. The van der Waals surface area contributed by atoms with Crippen LogP contribution in [0.1, 0.15) is 16.7 Å². The molecule has 0 atom stereocenters. The molecule has 1 N–H and O–H groups in total. The smallest absolute Gasteiger partial charge is 0.234 e. The molecule has 0 radical (unpaired) electrons. The quantitative estimate of drug-likeness (QED) is 0.223. The average molecular weight is 514 g/mol. The van der Waals surface area contributed by atoms with Crippen molar-refractivity contribution in [1.82, 2.24) is 19.6 Å². The van der Waals surface area contributed by atoms with Gasteiger partial charge >= 0.3 is 0 Å². The van der Waals surface area contributed by atoms with Crippen molar-refractivity contribution in [2.75, 3.05) is 25.3 Å². The number of hydrogen-bond donors (Lipinski definition) is 1. The molecule has 2 aromatic heterocycles. The number of rotatable bonds is 7. The Morgan fingerprint density at radius 1 is 0.946 bits per heavy atom. The van der Waals surface area contributed by atoms with E-state index < -0.39 is 0 Å². The van der Waals surface area contributed by atoms with E-state index in [9.17, 15) is 4.79 Å². The summed E-state index contributed by atoms with van der Waals surface area (Å²) in [6.07, 6.45) is 0. The van der Waals surface area contributed by atoms with Crippen LogP contribution in [-0.2, 0) is 4.79 Å². The SMILES string of the molecule is COc1cc2nc(SCC(=O)Nc3c(C)cc(C)cc3C)n3nc(-c4ccccc4)nc3c2cc1OC. The molecule has 0 unspecified atom stereocenters. The van der Waals surface area contributed by atoms with E-state index in [4.69, 9.17) is 24.5 Å². The third kappa shape index (κ3) is 4.82. The Hall–Kier alpha value is -4.11. The van der Waals surface area contributed by atoms with E-state index in [2.05, 4.69) is 17.4 Å². The summed E-state index contributed by atoms with van der Waals surface area (Å²) in [7, 11) is 3.18. The summed E-state index contributed by atoms with van der Waals surface area (Å²) in [4.78, 5) is 22.6. The van der Waals surface area contributed by atoms with E-state index in [0.29, 0.717) is 33.6 Å². The molecule has 0 saturated carbocycles. The number of fused-ring (bicyclic) bond motifs is 3. The first-order valence-electron chi connectivity index (χ1n) is 11.8. The molecule has 0 saturated heterocycles. The number of aryl methyl sites for hydroxylation is 3. The highest BCUT2D eigenvalue weighted by Gasteiger charge is 2.19. The molecule has 0 spiro atoms. The van der Waals surface area contributed by atoms with Crippen LogP contribution in [-0.4, -0.2) is 45.5 Å². The van der Waals surface area contributed by atoms with Gasteiger partial charge in [-0.1, -0.05) is 59.8 Å². The van der Waals surface area contributed by atoms with Gasteiger partial charge in [-0.15, -0.1) is 5.10 Å². The predicted molar refractivity (Wildman–Crippen MR) is 147 cm³/mol. The van der Waals surface area contributed by atoms with Crippen molar-refractivity contribution in [1.29, 1.82) is 0 Å². The van der Waals surface area contributed by atoms with Gasteiger partial charge in [0.2, 0.25) is 5.91 Å². The summed E-state index contributed by atoms with van der Waals surface area (Å²) in [5.41, 5.74) is 6.26. The molecule has 37 heavy (non-hydrogen) atoms. The Balaban J connectivity index is 1.54. The van der Waals surface area contributed by atoms with Gasteiger partial charge in [0.25, 0.3) is 0 Å². The molecule has 0 aliphatic heterocycles. The molecule has 5 aromatic rings. The fourth-order valence-electron chi connectivity index (χ4n) is 4.40. The van der Waals surface area contributed by atoms with Crippen molar-refractivity contribution in [3.63, 3.8) is 0 Å². The number of benzene rings is 3. The van der Waals surface area contributed by atoms with Gasteiger partial charge in [0.1, 0.15) is 0 Å². The van der Waals surface area contributed by atoms with Crippen LogP contribution < -0.4 is 14.8 Å². The summed E-state index contributed by atoms with van der Waals surface area (Å²) in [5, 5.41) is 9.13. The van der Waals surface area contributed by atoms with Crippen LogP contribution in [0.5, 0.6) is 11.5 Å². The fraction of sp³-hybridized carbons (Fsp3) is 0.214. The Morgan fingerprint density at radius 2 is 1.62 bits per heavy atom. The van der Waals surface area contributed by atoms with Gasteiger partial charge in [-0.2, -0.15) is 4.52 Å². The zero-order chi connectivity index (χ0) is 26.1. The number of thioether (sulfide) groups is 1. The Kier molecular flexibility index (Phi) is 6.71. The van der Waals surface area contributed by atoms with E-state index in [-0.39, 0.29) is 11.7 Å². The zero-order valence-electron chi connectivity index (χ0n) is 21.3. The number of hydrogen-bond acceptors (Lipinski definition) is 7. The Labute approximate surface area is 219 Å². The van der Waals surface area contributed by atoms with E-state index in [0.717, 1.165) is 33.3 Å². The molecular formula is C28H27N5O3S. The number of methoxy groups -OCH3 is 2. The molecule has 9 heteroatoms. The summed E-state index contributed by atoms with van der Waals surface area (Å²) in [6, 6.07) is 17.5. The number of nitrogens with zero attached hydrogens (tertiary/aromatic N) is 4. The van der Waals surface area contributed by atoms with Crippen molar-refractivity contribution in [2.24, 2.45) is 0 Å². The molecule has 3 aromatic carbocycles. The lowest BCUT2D eigenvalue weighted by atomic mass is 10.1. The third-order valence-electron chi connectivity index (χ3n) is 6.05. The van der Waals surface area contributed by atoms with Crippen molar-refractivity contribution < 1.29 is 14.3 Å². The zero-order valence-corrected chi connectivity index (χ0v) is 22.1. The second-order valence-electron chi connectivity index (χ2n) is 8.77. The molecule has 188 valence electrons. The normalized spacial score (nSPS) is 11.2. The highest BCUT2D eigenvalue weighted by molar-refractivity contribution is 7.99. The third-order valence-corrected chi connectivity index (χ3v) is 6.98. The van der Waals surface area contributed by atoms with Gasteiger partial charge in [0.05, 0.1) is 25.5 Å². The van der Waals surface area contributed by atoms with Gasteiger partial charge in [-0.3, -0.25) is 4.79 Å². The van der Waals surface area contributed by atoms with E-state index in [1.165, 1.54) is 11.8 Å². The summed E-state index contributed by atoms with van der Waals surface area (Å²) >= 11 is 1.30. The van der Waals surface area contributed by atoms with Gasteiger partial charge in [-0.25, -0.2) is 9.97 Å². The molecular weight excluding hydrogens is 486 g/mol. The molecule has 1 amide bonds. The maximum atomic E-state index is 12.9. The minimum absolute atomic E-state index is 0.120. The van der Waals surface area contributed by atoms with Crippen molar-refractivity contribution in [2.45, 2.75) is 25.9 Å². The second-order valence-corrected chi connectivity index (χ2v) is 9.71. The first kappa shape index (κ1) is 24.6. The summed E-state index contributed by atoms with van der Waals surface area (Å²) in [5.74, 6) is 1.75. The van der Waals surface area contributed by atoms with Crippen LogP contribution in [0.15, 0.2) is 59.8 Å². The number of amides is 1. The monoisotopic (exact) mass is 513 g/mol. The predicted octanol–water partition coefficient (Wildman–Crippen LogP) is 5.62. The molecule has 8 nitrogen and oxygen atoms in total. The largest absolute Gasteiger partial charge is 0.493 e. The maximum Gasteiger partial charge on any atom is 0.234 e. The average Bonchev–Trinajstić information content (AvgIpc) is 3.35. The molecule has 0 aliphatic rings. The van der Waals surface area contributed by atoms with Gasteiger partial charge < -0.3 is 14.8 Å².